The van der Waals surface area contributed by atoms with Gasteiger partial charge in [-0.2, -0.15) is 0 Å². The maximum Gasteiger partial charge on any atom is 0.261 e. The summed E-state index contributed by atoms with van der Waals surface area (Å²) in [5.41, 5.74) is 0.427. The number of benzene rings is 1. The molecule has 1 fully saturated rings. The molecule has 0 spiro atoms. The minimum absolute atomic E-state index is 0.0184. The number of piperazine rings is 1. The summed E-state index contributed by atoms with van der Waals surface area (Å²) in [6, 6.07) is 11.0. The van der Waals surface area contributed by atoms with Gasteiger partial charge in [0.05, 0.1) is 17.2 Å². The van der Waals surface area contributed by atoms with E-state index < -0.39 is 0 Å². The first kappa shape index (κ1) is 19.9. The number of imidazole rings is 1. The molecule has 4 heterocycles. The van der Waals surface area contributed by atoms with Gasteiger partial charge in [0, 0.05) is 38.6 Å². The number of carbonyl (C=O) groups excluding carboxylic acids is 1. The quantitative estimate of drug-likeness (QED) is 0.476. The van der Waals surface area contributed by atoms with Gasteiger partial charge in [-0.1, -0.05) is 12.1 Å². The molecule has 1 saturated heterocycles. The highest BCUT2D eigenvalue weighted by Crippen LogP contribution is 2.15. The predicted molar refractivity (Wildman–Crippen MR) is 119 cm³/mol. The Morgan fingerprint density at radius 3 is 2.44 bits per heavy atom. The Morgan fingerprint density at radius 2 is 1.72 bits per heavy atom. The number of fused-ring (bicyclic) bond motifs is 1. The Hall–Kier alpha value is -4.08. The van der Waals surface area contributed by atoms with E-state index in [1.807, 2.05) is 35.9 Å². The molecule has 0 unspecified atom stereocenters. The van der Waals surface area contributed by atoms with Crippen LogP contribution in [0.5, 0.6) is 0 Å². The van der Waals surface area contributed by atoms with Crippen molar-refractivity contribution < 1.29 is 4.79 Å². The summed E-state index contributed by atoms with van der Waals surface area (Å²) in [6.07, 6.45) is 5.01. The molecule has 1 aliphatic heterocycles. The van der Waals surface area contributed by atoms with E-state index in [0.29, 0.717) is 42.9 Å². The number of aromatic nitrogens is 6. The first-order valence-corrected chi connectivity index (χ1v) is 10.4. The number of nitrogens with zero attached hydrogens (tertiary/aromatic N) is 8. The molecule has 0 aliphatic carbocycles. The zero-order chi connectivity index (χ0) is 22.1. The normalized spacial score (nSPS) is 14.2. The molecule has 10 nitrogen and oxygen atoms in total. The molecule has 3 aromatic heterocycles. The van der Waals surface area contributed by atoms with Gasteiger partial charge in [-0.25, -0.2) is 9.97 Å². The summed E-state index contributed by atoms with van der Waals surface area (Å²) in [4.78, 5) is 37.8. The summed E-state index contributed by atoms with van der Waals surface area (Å²) >= 11 is 0. The molecule has 1 aromatic carbocycles. The largest absolute Gasteiger partial charge is 0.352 e. The van der Waals surface area contributed by atoms with Gasteiger partial charge in [-0.3, -0.25) is 18.7 Å². The van der Waals surface area contributed by atoms with Crippen molar-refractivity contribution in [3.8, 4) is 5.82 Å². The number of para-hydroxylation sites is 1. The van der Waals surface area contributed by atoms with Crippen LogP contribution in [0.4, 0.5) is 5.82 Å². The lowest BCUT2D eigenvalue weighted by Crippen LogP contribution is -2.50. The predicted octanol–water partition coefficient (Wildman–Crippen LogP) is 1.03. The van der Waals surface area contributed by atoms with E-state index in [1.54, 1.807) is 29.3 Å². The SMILES string of the molecule is Cc1nccn1-c1ccc(N2CCN(C(=O)Cn3cnc4ccccc4c3=O)CC2)nn1. The van der Waals surface area contributed by atoms with Crippen molar-refractivity contribution in [1.29, 1.82) is 0 Å². The summed E-state index contributed by atoms with van der Waals surface area (Å²) in [6.45, 7) is 4.30. The average molecular weight is 430 g/mol. The fourth-order valence-electron chi connectivity index (χ4n) is 3.88. The number of carbonyl (C=O) groups is 1. The lowest BCUT2D eigenvalue weighted by molar-refractivity contribution is -0.132. The van der Waals surface area contributed by atoms with E-state index >= 15 is 0 Å². The molecule has 1 amide bonds. The van der Waals surface area contributed by atoms with E-state index in [1.165, 1.54) is 10.9 Å². The summed E-state index contributed by atoms with van der Waals surface area (Å²) in [5, 5.41) is 9.17. The highest BCUT2D eigenvalue weighted by Gasteiger charge is 2.23. The average Bonchev–Trinajstić information content (AvgIpc) is 3.27. The maximum absolute atomic E-state index is 12.8. The Bertz CT molecular complexity index is 1320. The molecule has 5 rings (SSSR count). The molecule has 32 heavy (non-hydrogen) atoms. The number of amides is 1. The van der Waals surface area contributed by atoms with Crippen LogP contribution < -0.4 is 10.5 Å². The number of aryl methyl sites for hydroxylation is 1. The van der Waals surface area contributed by atoms with Crippen molar-refractivity contribution in [2.24, 2.45) is 0 Å². The van der Waals surface area contributed by atoms with E-state index in [-0.39, 0.29) is 18.0 Å². The Morgan fingerprint density at radius 1 is 0.969 bits per heavy atom. The first-order chi connectivity index (χ1) is 15.6. The Labute approximate surface area is 183 Å². The number of rotatable bonds is 4. The van der Waals surface area contributed by atoms with Gasteiger partial charge in [0.25, 0.3) is 5.56 Å². The third kappa shape index (κ3) is 3.70. The first-order valence-electron chi connectivity index (χ1n) is 10.4. The molecule has 0 radical (unpaired) electrons. The van der Waals surface area contributed by atoms with Crippen molar-refractivity contribution in [3.05, 3.63) is 71.3 Å². The van der Waals surface area contributed by atoms with Gasteiger partial charge >= 0.3 is 0 Å². The molecule has 162 valence electrons. The minimum Gasteiger partial charge on any atom is -0.352 e. The zero-order valence-electron chi connectivity index (χ0n) is 17.6. The zero-order valence-corrected chi connectivity index (χ0v) is 17.6. The van der Waals surface area contributed by atoms with Gasteiger partial charge in [0.1, 0.15) is 12.4 Å². The lowest BCUT2D eigenvalue weighted by atomic mass is 10.2. The second-order valence-corrected chi connectivity index (χ2v) is 7.66. The van der Waals surface area contributed by atoms with Crippen LogP contribution in [-0.2, 0) is 11.3 Å². The Balaban J connectivity index is 1.22. The molecule has 4 aromatic rings. The van der Waals surface area contributed by atoms with Crippen LogP contribution in [0.15, 0.2) is 59.9 Å². The number of anilines is 1. The van der Waals surface area contributed by atoms with E-state index in [0.717, 1.165) is 11.6 Å². The lowest BCUT2D eigenvalue weighted by Gasteiger charge is -2.35. The molecule has 0 saturated carbocycles. The molecule has 1 aliphatic rings. The smallest absolute Gasteiger partial charge is 0.261 e. The fourth-order valence-corrected chi connectivity index (χ4v) is 3.88. The standard InChI is InChI=1S/C22H22N8O2/c1-16-23-8-9-30(16)20-7-6-19(25-26-20)27-10-12-28(13-11-27)21(31)14-29-15-24-18-5-3-2-4-17(18)22(29)32/h2-9,15H,10-14H2,1H3. The monoisotopic (exact) mass is 430 g/mol. The van der Waals surface area contributed by atoms with Crippen molar-refractivity contribution in [2.45, 2.75) is 13.5 Å². The van der Waals surface area contributed by atoms with Crippen LogP contribution in [0.2, 0.25) is 0 Å². The highest BCUT2D eigenvalue weighted by atomic mass is 16.2. The second kappa shape index (κ2) is 8.22. The third-order valence-corrected chi connectivity index (χ3v) is 5.70. The van der Waals surface area contributed by atoms with Crippen molar-refractivity contribution in [1.82, 2.24) is 34.2 Å². The van der Waals surface area contributed by atoms with Crippen LogP contribution in [0.3, 0.4) is 0 Å². The number of hydrogen-bond acceptors (Lipinski definition) is 7. The van der Waals surface area contributed by atoms with Gasteiger partial charge in [0.15, 0.2) is 11.6 Å². The molecule has 0 atom stereocenters. The Kier molecular flexibility index (Phi) is 5.10. The van der Waals surface area contributed by atoms with Gasteiger partial charge in [0.2, 0.25) is 5.91 Å². The van der Waals surface area contributed by atoms with E-state index in [2.05, 4.69) is 25.1 Å². The topological polar surface area (TPSA) is 102 Å². The highest BCUT2D eigenvalue weighted by molar-refractivity contribution is 5.79. The fraction of sp³-hybridized carbons (Fsp3) is 0.273. The van der Waals surface area contributed by atoms with Crippen molar-refractivity contribution >= 4 is 22.6 Å². The minimum atomic E-state index is -0.203. The third-order valence-electron chi connectivity index (χ3n) is 5.70. The summed E-state index contributed by atoms with van der Waals surface area (Å²) in [7, 11) is 0. The van der Waals surface area contributed by atoms with Crippen LogP contribution in [-0.4, -0.2) is 66.3 Å². The summed E-state index contributed by atoms with van der Waals surface area (Å²) < 4.78 is 3.25. The molecular weight excluding hydrogens is 408 g/mol. The van der Waals surface area contributed by atoms with Crippen LogP contribution in [0, 0.1) is 6.92 Å². The number of hydrogen-bond donors (Lipinski definition) is 0. The molecular formula is C22H22N8O2. The van der Waals surface area contributed by atoms with Crippen molar-refractivity contribution in [2.75, 3.05) is 31.1 Å². The van der Waals surface area contributed by atoms with E-state index in [4.69, 9.17) is 0 Å². The van der Waals surface area contributed by atoms with Gasteiger partial charge < -0.3 is 9.80 Å². The molecule has 10 heteroatoms. The van der Waals surface area contributed by atoms with Crippen LogP contribution in [0.25, 0.3) is 16.7 Å². The van der Waals surface area contributed by atoms with Crippen LogP contribution in [0.1, 0.15) is 5.82 Å². The van der Waals surface area contributed by atoms with Gasteiger partial charge in [-0.15, -0.1) is 10.2 Å². The molecule has 0 N–H and O–H groups in total. The molecule has 0 bridgehead atoms. The van der Waals surface area contributed by atoms with E-state index in [9.17, 15) is 9.59 Å². The van der Waals surface area contributed by atoms with Crippen molar-refractivity contribution in [3.63, 3.8) is 0 Å². The summed E-state index contributed by atoms with van der Waals surface area (Å²) in [5.74, 6) is 2.24. The maximum atomic E-state index is 12.8. The second-order valence-electron chi connectivity index (χ2n) is 7.66. The van der Waals surface area contributed by atoms with Gasteiger partial charge in [-0.05, 0) is 31.2 Å². The van der Waals surface area contributed by atoms with Crippen LogP contribution >= 0.6 is 0 Å².